The fourth-order valence-electron chi connectivity index (χ4n) is 2.75. The topological polar surface area (TPSA) is 17.1 Å². The molecule has 5 rings (SSSR count). The summed E-state index contributed by atoms with van der Waals surface area (Å²) >= 11 is 0. The van der Waals surface area contributed by atoms with E-state index in [9.17, 15) is 4.79 Å². The van der Waals surface area contributed by atoms with Gasteiger partial charge in [-0.1, -0.05) is 54.4 Å². The molecule has 1 aliphatic carbocycles. The molecule has 0 N–H and O–H groups in total. The van der Waals surface area contributed by atoms with E-state index in [0.717, 1.165) is 11.1 Å². The summed E-state index contributed by atoms with van der Waals surface area (Å²) in [5, 5.41) is 0. The van der Waals surface area contributed by atoms with Crippen LogP contribution in [0.25, 0.3) is 0 Å². The summed E-state index contributed by atoms with van der Waals surface area (Å²) in [6.07, 6.45) is 0. The highest BCUT2D eigenvalue weighted by Gasteiger charge is 2.40. The largest absolute Gasteiger partial charge is 0.289 e. The van der Waals surface area contributed by atoms with Gasteiger partial charge < -0.3 is 0 Å². The lowest BCUT2D eigenvalue weighted by molar-refractivity contribution is 0.103. The third kappa shape index (κ3) is 0.977. The van der Waals surface area contributed by atoms with Gasteiger partial charge in [0.05, 0.1) is 0 Å². The average Bonchev–Trinajstić information content (AvgIpc) is 2.91. The first-order valence-corrected chi connectivity index (χ1v) is 9.53. The summed E-state index contributed by atoms with van der Waals surface area (Å²) in [5.41, 5.74) is 4.25. The summed E-state index contributed by atoms with van der Waals surface area (Å²) in [4.78, 5) is 16.6. The Labute approximate surface area is 114 Å². The maximum absolute atomic E-state index is 12.6. The molecule has 0 unspecified atom stereocenters. The van der Waals surface area contributed by atoms with E-state index in [1.54, 1.807) is 0 Å². The molecule has 0 fully saturated rings. The Morgan fingerprint density at radius 3 is 1.94 bits per heavy atom. The van der Waals surface area contributed by atoms with Crippen molar-refractivity contribution in [2.75, 3.05) is 0 Å². The molecule has 0 atom stereocenters. The fraction of sp³-hybridized carbons (Fsp3) is 0. The molecule has 2 aliphatic heterocycles. The van der Waals surface area contributed by atoms with Crippen LogP contribution in [-0.2, 0) is 0 Å². The maximum Gasteiger partial charge on any atom is 0.194 e. The highest BCUT2D eigenvalue weighted by atomic mass is 33.5. The highest BCUT2D eigenvalue weighted by molar-refractivity contribution is 9.16. The molecule has 0 aromatic heterocycles. The van der Waals surface area contributed by atoms with Crippen LogP contribution in [0.1, 0.15) is 27.0 Å². The van der Waals surface area contributed by atoms with Gasteiger partial charge in [0.15, 0.2) is 5.78 Å². The molecule has 0 saturated carbocycles. The molecular weight excluding hydrogens is 280 g/mol. The van der Waals surface area contributed by atoms with Crippen molar-refractivity contribution in [2.24, 2.45) is 0 Å². The van der Waals surface area contributed by atoms with Crippen LogP contribution in [0.15, 0.2) is 46.2 Å². The molecule has 1 nitrogen and oxygen atoms in total. The molecule has 0 bridgehead atoms. The first-order chi connectivity index (χ1) is 8.84. The molecule has 2 aromatic carbocycles. The van der Waals surface area contributed by atoms with E-state index < -0.39 is 0 Å². The molecule has 4 heteroatoms. The van der Waals surface area contributed by atoms with Crippen LogP contribution in [-0.4, -0.2) is 10.6 Å². The Hall–Kier alpha value is -0.970. The van der Waals surface area contributed by atoms with E-state index in [2.05, 4.69) is 12.1 Å². The normalized spacial score (nSPS) is 18.4. The van der Waals surface area contributed by atoms with Crippen molar-refractivity contribution in [1.82, 2.24) is 0 Å². The number of hydrogen-bond donors (Lipinski definition) is 0. The van der Waals surface area contributed by atoms with Gasteiger partial charge in [0.25, 0.3) is 0 Å². The van der Waals surface area contributed by atoms with Gasteiger partial charge >= 0.3 is 0 Å². The van der Waals surface area contributed by atoms with Gasteiger partial charge in [-0.05, 0) is 12.1 Å². The molecule has 0 saturated heterocycles. The molecule has 2 heterocycles. The Morgan fingerprint density at radius 2 is 1.39 bits per heavy atom. The van der Waals surface area contributed by atoms with Gasteiger partial charge in [0.2, 0.25) is 0 Å². The van der Waals surface area contributed by atoms with Gasteiger partial charge in [-0.25, -0.2) is 0 Å². The van der Waals surface area contributed by atoms with Crippen molar-refractivity contribution in [3.05, 3.63) is 58.7 Å². The SMILES string of the molecule is O=C1c2cccc3c2C2=S(S3)Sc3cccc1c32. The molecule has 2 aromatic rings. The van der Waals surface area contributed by atoms with Crippen molar-refractivity contribution >= 4 is 40.8 Å². The van der Waals surface area contributed by atoms with E-state index in [-0.39, 0.29) is 14.3 Å². The van der Waals surface area contributed by atoms with E-state index in [1.807, 2.05) is 45.9 Å². The predicted molar refractivity (Wildman–Crippen MR) is 78.8 cm³/mol. The summed E-state index contributed by atoms with van der Waals surface area (Å²) in [7, 11) is 3.98. The van der Waals surface area contributed by atoms with Crippen molar-refractivity contribution in [3.8, 4) is 0 Å². The monoisotopic (exact) mass is 286 g/mol. The Balaban J connectivity index is 2.02. The number of benzene rings is 2. The van der Waals surface area contributed by atoms with E-state index >= 15 is 0 Å². The zero-order chi connectivity index (χ0) is 11.9. The van der Waals surface area contributed by atoms with Crippen molar-refractivity contribution < 1.29 is 4.79 Å². The fourth-order valence-corrected chi connectivity index (χ4v) is 10.1. The predicted octanol–water partition coefficient (Wildman–Crippen LogP) is 4.11. The maximum atomic E-state index is 12.6. The van der Waals surface area contributed by atoms with Gasteiger partial charge in [-0.3, -0.25) is 4.79 Å². The minimum atomic E-state index is 0.153. The molecule has 3 aliphatic rings. The van der Waals surface area contributed by atoms with Gasteiger partial charge in [-0.15, -0.1) is 0 Å². The van der Waals surface area contributed by atoms with Crippen LogP contribution in [0.3, 0.4) is 0 Å². The second-order valence-electron chi connectivity index (χ2n) is 4.42. The van der Waals surface area contributed by atoms with Crippen LogP contribution in [0, 0.1) is 0 Å². The third-order valence-corrected chi connectivity index (χ3v) is 9.79. The molecule has 0 radical (unpaired) electrons. The molecule has 0 amide bonds. The van der Waals surface area contributed by atoms with Crippen LogP contribution in [0.4, 0.5) is 0 Å². The number of rotatable bonds is 0. The van der Waals surface area contributed by atoms with Crippen LogP contribution < -0.4 is 0 Å². The smallest absolute Gasteiger partial charge is 0.194 e. The van der Waals surface area contributed by atoms with Crippen molar-refractivity contribution in [2.45, 2.75) is 9.79 Å². The summed E-state index contributed by atoms with van der Waals surface area (Å²) in [5.74, 6) is 0.195. The number of hydrogen-bond acceptors (Lipinski definition) is 3. The van der Waals surface area contributed by atoms with E-state index in [4.69, 9.17) is 0 Å². The van der Waals surface area contributed by atoms with Gasteiger partial charge in [0, 0.05) is 36.9 Å². The number of carbonyl (C=O) groups is 1. The summed E-state index contributed by atoms with van der Waals surface area (Å²) in [6.45, 7) is 0. The minimum absolute atomic E-state index is 0.153. The van der Waals surface area contributed by atoms with Crippen LogP contribution in [0.5, 0.6) is 0 Å². The summed E-state index contributed by atoms with van der Waals surface area (Å²) < 4.78 is 0. The second-order valence-corrected chi connectivity index (χ2v) is 10.1. The lowest BCUT2D eigenvalue weighted by Crippen LogP contribution is -2.19. The third-order valence-electron chi connectivity index (χ3n) is 3.49. The second kappa shape index (κ2) is 3.13. The van der Waals surface area contributed by atoms with Gasteiger partial charge in [0.1, 0.15) is 0 Å². The first-order valence-electron chi connectivity index (χ1n) is 5.64. The van der Waals surface area contributed by atoms with E-state index in [1.165, 1.54) is 25.8 Å². The Kier molecular flexibility index (Phi) is 1.72. The molecular formula is C14H6OS3. The standard InChI is InChI=1S/C14H6OS3/c15-13-7-3-1-5-9-11(7)14-12-8(13)4-2-6-10(12)17-18(14)16-9/h1-6H. The van der Waals surface area contributed by atoms with Crippen molar-refractivity contribution in [1.29, 1.82) is 0 Å². The first kappa shape index (κ1) is 9.89. The van der Waals surface area contributed by atoms with Crippen molar-refractivity contribution in [3.63, 3.8) is 0 Å². The quantitative estimate of drug-likeness (QED) is 0.457. The lowest BCUT2D eigenvalue weighted by atomic mass is 9.85. The average molecular weight is 286 g/mol. The minimum Gasteiger partial charge on any atom is -0.289 e. The lowest BCUT2D eigenvalue weighted by Gasteiger charge is -2.19. The Bertz CT molecular complexity index is 741. The van der Waals surface area contributed by atoms with Crippen LogP contribution >= 0.6 is 30.1 Å². The molecule has 86 valence electrons. The number of carbonyl (C=O) groups excluding carboxylic acids is 1. The van der Waals surface area contributed by atoms with Crippen LogP contribution in [0.2, 0.25) is 0 Å². The molecule has 0 spiro atoms. The van der Waals surface area contributed by atoms with Gasteiger partial charge in [-0.2, -0.15) is 0 Å². The highest BCUT2D eigenvalue weighted by Crippen LogP contribution is 2.65. The zero-order valence-corrected chi connectivity index (χ0v) is 11.5. The number of ketones is 1. The molecule has 18 heavy (non-hydrogen) atoms. The Morgan fingerprint density at radius 1 is 0.833 bits per heavy atom. The summed E-state index contributed by atoms with van der Waals surface area (Å²) in [6, 6.07) is 12.2. The van der Waals surface area contributed by atoms with E-state index in [0.29, 0.717) is 0 Å². The zero-order valence-electron chi connectivity index (χ0n) is 9.10.